The number of amides is 1. The second-order valence-electron chi connectivity index (χ2n) is 4.91. The third kappa shape index (κ3) is 6.33. The van der Waals surface area contributed by atoms with E-state index in [2.05, 4.69) is 5.32 Å². The van der Waals surface area contributed by atoms with Gasteiger partial charge in [0, 0.05) is 13.1 Å². The highest BCUT2D eigenvalue weighted by Gasteiger charge is 2.07. The highest BCUT2D eigenvalue weighted by molar-refractivity contribution is 5.77. The molecule has 0 saturated heterocycles. The van der Waals surface area contributed by atoms with Crippen molar-refractivity contribution in [2.75, 3.05) is 20.1 Å². The van der Waals surface area contributed by atoms with Gasteiger partial charge in [-0.05, 0) is 24.6 Å². The SMILES string of the molecule is CCCNC(=O)CN(C)Cc1ccc(CC(=O)O)cc1. The maximum absolute atomic E-state index is 11.6. The van der Waals surface area contributed by atoms with Crippen molar-refractivity contribution >= 4 is 11.9 Å². The predicted octanol–water partition coefficient (Wildman–Crippen LogP) is 1.27. The van der Waals surface area contributed by atoms with E-state index in [0.29, 0.717) is 19.6 Å². The van der Waals surface area contributed by atoms with E-state index >= 15 is 0 Å². The van der Waals surface area contributed by atoms with Crippen LogP contribution in [0.1, 0.15) is 24.5 Å². The second-order valence-corrected chi connectivity index (χ2v) is 4.91. The molecule has 5 heteroatoms. The van der Waals surface area contributed by atoms with Gasteiger partial charge in [0.2, 0.25) is 5.91 Å². The number of hydrogen-bond acceptors (Lipinski definition) is 3. The minimum atomic E-state index is -0.831. The lowest BCUT2D eigenvalue weighted by Gasteiger charge is -2.16. The van der Waals surface area contributed by atoms with Gasteiger partial charge >= 0.3 is 5.97 Å². The van der Waals surface area contributed by atoms with Crippen LogP contribution >= 0.6 is 0 Å². The summed E-state index contributed by atoms with van der Waals surface area (Å²) in [6.45, 7) is 3.74. The largest absolute Gasteiger partial charge is 0.481 e. The molecule has 20 heavy (non-hydrogen) atoms. The number of aliphatic carboxylic acids is 1. The average molecular weight is 278 g/mol. The van der Waals surface area contributed by atoms with Crippen molar-refractivity contribution < 1.29 is 14.7 Å². The predicted molar refractivity (Wildman–Crippen MR) is 77.4 cm³/mol. The second kappa shape index (κ2) is 8.32. The molecule has 0 saturated carbocycles. The average Bonchev–Trinajstić information content (AvgIpc) is 2.38. The number of nitrogens with zero attached hydrogens (tertiary/aromatic N) is 1. The number of carboxylic acids is 1. The van der Waals surface area contributed by atoms with Crippen molar-refractivity contribution in [3.63, 3.8) is 0 Å². The van der Waals surface area contributed by atoms with Gasteiger partial charge in [-0.25, -0.2) is 0 Å². The standard InChI is InChI=1S/C15H22N2O3/c1-3-8-16-14(18)11-17(2)10-13-6-4-12(5-7-13)9-15(19)20/h4-7H,3,8-11H2,1-2H3,(H,16,18)(H,19,20). The van der Waals surface area contributed by atoms with Crippen LogP contribution in [0.5, 0.6) is 0 Å². The van der Waals surface area contributed by atoms with E-state index in [1.165, 1.54) is 0 Å². The molecule has 1 rings (SSSR count). The topological polar surface area (TPSA) is 69.6 Å². The molecule has 0 unspecified atom stereocenters. The van der Waals surface area contributed by atoms with E-state index in [9.17, 15) is 9.59 Å². The quantitative estimate of drug-likeness (QED) is 0.751. The highest BCUT2D eigenvalue weighted by Crippen LogP contribution is 2.07. The summed E-state index contributed by atoms with van der Waals surface area (Å²) in [5.41, 5.74) is 1.84. The molecular formula is C15H22N2O3. The first-order chi connectivity index (χ1) is 9.51. The van der Waals surface area contributed by atoms with Gasteiger partial charge in [-0.1, -0.05) is 31.2 Å². The lowest BCUT2D eigenvalue weighted by Crippen LogP contribution is -2.35. The minimum Gasteiger partial charge on any atom is -0.481 e. The zero-order chi connectivity index (χ0) is 15.0. The molecule has 1 aromatic carbocycles. The first-order valence-electron chi connectivity index (χ1n) is 6.76. The summed E-state index contributed by atoms with van der Waals surface area (Å²) in [5, 5.41) is 11.5. The Morgan fingerprint density at radius 3 is 2.35 bits per heavy atom. The van der Waals surface area contributed by atoms with Gasteiger partial charge in [-0.3, -0.25) is 14.5 Å². The van der Waals surface area contributed by atoms with Crippen LogP contribution in [0, 0.1) is 0 Å². The smallest absolute Gasteiger partial charge is 0.307 e. The first-order valence-corrected chi connectivity index (χ1v) is 6.76. The summed E-state index contributed by atoms with van der Waals surface area (Å²) in [6, 6.07) is 7.43. The van der Waals surface area contributed by atoms with Crippen LogP contribution in [0.15, 0.2) is 24.3 Å². The first kappa shape index (κ1) is 16.2. The summed E-state index contributed by atoms with van der Waals surface area (Å²) < 4.78 is 0. The Morgan fingerprint density at radius 1 is 1.20 bits per heavy atom. The molecule has 1 aromatic rings. The van der Waals surface area contributed by atoms with E-state index < -0.39 is 5.97 Å². The number of rotatable bonds is 8. The molecule has 0 fully saturated rings. The van der Waals surface area contributed by atoms with E-state index in [0.717, 1.165) is 17.5 Å². The number of likely N-dealkylation sites (N-methyl/N-ethyl adjacent to an activating group) is 1. The molecule has 0 radical (unpaired) electrons. The van der Waals surface area contributed by atoms with E-state index in [1.54, 1.807) is 0 Å². The molecule has 0 bridgehead atoms. The number of carbonyl (C=O) groups excluding carboxylic acids is 1. The van der Waals surface area contributed by atoms with Crippen LogP contribution < -0.4 is 5.32 Å². The monoisotopic (exact) mass is 278 g/mol. The Morgan fingerprint density at radius 2 is 1.80 bits per heavy atom. The fraction of sp³-hybridized carbons (Fsp3) is 0.467. The van der Waals surface area contributed by atoms with Crippen LogP contribution in [-0.4, -0.2) is 42.0 Å². The lowest BCUT2D eigenvalue weighted by molar-refractivity contribution is -0.136. The molecule has 0 atom stereocenters. The van der Waals surface area contributed by atoms with Gasteiger partial charge in [-0.15, -0.1) is 0 Å². The molecule has 0 heterocycles. The maximum Gasteiger partial charge on any atom is 0.307 e. The van der Waals surface area contributed by atoms with Crippen molar-refractivity contribution in [1.29, 1.82) is 0 Å². The van der Waals surface area contributed by atoms with Gasteiger partial charge < -0.3 is 10.4 Å². The van der Waals surface area contributed by atoms with Gasteiger partial charge in [0.05, 0.1) is 13.0 Å². The van der Waals surface area contributed by atoms with Gasteiger partial charge in [0.25, 0.3) is 0 Å². The number of carbonyl (C=O) groups is 2. The Hall–Kier alpha value is -1.88. The number of carboxylic acid groups (broad SMARTS) is 1. The Kier molecular flexibility index (Phi) is 6.73. The van der Waals surface area contributed by atoms with Crippen molar-refractivity contribution in [3.05, 3.63) is 35.4 Å². The van der Waals surface area contributed by atoms with Crippen molar-refractivity contribution in [2.24, 2.45) is 0 Å². The van der Waals surface area contributed by atoms with Gasteiger partial charge in [0.1, 0.15) is 0 Å². The Bertz CT molecular complexity index is 443. The zero-order valence-electron chi connectivity index (χ0n) is 12.1. The molecule has 0 aliphatic carbocycles. The van der Waals surface area contributed by atoms with Crippen molar-refractivity contribution in [1.82, 2.24) is 10.2 Å². The molecule has 0 spiro atoms. The third-order valence-electron chi connectivity index (χ3n) is 2.82. The molecule has 0 aliphatic heterocycles. The molecule has 0 aliphatic rings. The Balaban J connectivity index is 2.43. The van der Waals surface area contributed by atoms with Crippen LogP contribution in [0.2, 0.25) is 0 Å². The number of nitrogens with one attached hydrogen (secondary N) is 1. The minimum absolute atomic E-state index is 0.0249. The number of hydrogen-bond donors (Lipinski definition) is 2. The highest BCUT2D eigenvalue weighted by atomic mass is 16.4. The summed E-state index contributed by atoms with van der Waals surface area (Å²) in [5.74, 6) is -0.806. The van der Waals surface area contributed by atoms with E-state index in [-0.39, 0.29) is 12.3 Å². The molecule has 0 aromatic heterocycles. The summed E-state index contributed by atoms with van der Waals surface area (Å²) in [6.07, 6.45) is 0.968. The van der Waals surface area contributed by atoms with E-state index in [1.807, 2.05) is 43.1 Å². The zero-order valence-corrected chi connectivity index (χ0v) is 12.1. The summed E-state index contributed by atoms with van der Waals surface area (Å²) >= 11 is 0. The van der Waals surface area contributed by atoms with Crippen LogP contribution in [0.3, 0.4) is 0 Å². The van der Waals surface area contributed by atoms with Gasteiger partial charge in [-0.2, -0.15) is 0 Å². The maximum atomic E-state index is 11.6. The van der Waals surface area contributed by atoms with Gasteiger partial charge in [0.15, 0.2) is 0 Å². The number of benzene rings is 1. The van der Waals surface area contributed by atoms with Crippen LogP contribution in [0.4, 0.5) is 0 Å². The fourth-order valence-electron chi connectivity index (χ4n) is 1.87. The third-order valence-corrected chi connectivity index (χ3v) is 2.82. The Labute approximate surface area is 119 Å². The lowest BCUT2D eigenvalue weighted by atomic mass is 10.1. The molecule has 110 valence electrons. The van der Waals surface area contributed by atoms with Crippen molar-refractivity contribution in [3.8, 4) is 0 Å². The fourth-order valence-corrected chi connectivity index (χ4v) is 1.87. The van der Waals surface area contributed by atoms with Crippen LogP contribution in [-0.2, 0) is 22.6 Å². The molecule has 5 nitrogen and oxygen atoms in total. The normalized spacial score (nSPS) is 10.6. The summed E-state index contributed by atoms with van der Waals surface area (Å²) in [4.78, 5) is 24.1. The van der Waals surface area contributed by atoms with Crippen LogP contribution in [0.25, 0.3) is 0 Å². The van der Waals surface area contributed by atoms with Crippen molar-refractivity contribution in [2.45, 2.75) is 26.3 Å². The van der Waals surface area contributed by atoms with E-state index in [4.69, 9.17) is 5.11 Å². The summed E-state index contributed by atoms with van der Waals surface area (Å²) in [7, 11) is 1.89. The molecule has 2 N–H and O–H groups in total. The molecule has 1 amide bonds. The molecular weight excluding hydrogens is 256 g/mol.